The Labute approximate surface area is 206 Å². The van der Waals surface area contributed by atoms with Crippen molar-refractivity contribution < 1.29 is 8.42 Å². The van der Waals surface area contributed by atoms with Crippen molar-refractivity contribution in [3.05, 3.63) is 84.4 Å². The predicted octanol–water partition coefficient (Wildman–Crippen LogP) is 7.97. The van der Waals surface area contributed by atoms with E-state index in [1.165, 1.54) is 34.2 Å². The molecule has 0 saturated heterocycles. The number of rotatable bonds is 7. The highest BCUT2D eigenvalue weighted by atomic mass is 32.2. The highest BCUT2D eigenvalue weighted by molar-refractivity contribution is 7.92. The number of sulfone groups is 1. The van der Waals surface area contributed by atoms with E-state index < -0.39 is 14.6 Å². The molecule has 0 amide bonds. The zero-order chi connectivity index (χ0) is 24.2. The largest absolute Gasteiger partial charge is 0.228 e. The minimum atomic E-state index is -3.01. The van der Waals surface area contributed by atoms with Crippen LogP contribution in [0.3, 0.4) is 0 Å². The number of benzene rings is 3. The average molecular weight is 475 g/mol. The minimum Gasteiger partial charge on any atom is -0.228 e. The normalized spacial score (nSPS) is 19.1. The van der Waals surface area contributed by atoms with Crippen molar-refractivity contribution in [3.8, 4) is 22.3 Å². The van der Waals surface area contributed by atoms with E-state index in [2.05, 4.69) is 72.8 Å². The molecule has 4 rings (SSSR count). The van der Waals surface area contributed by atoms with Gasteiger partial charge < -0.3 is 0 Å². The molecule has 1 saturated carbocycles. The van der Waals surface area contributed by atoms with Gasteiger partial charge in [0.05, 0.1) is 10.5 Å². The average Bonchev–Trinajstić information content (AvgIpc) is 2.84. The van der Waals surface area contributed by atoms with Gasteiger partial charge in [0.25, 0.3) is 0 Å². The fourth-order valence-corrected chi connectivity index (χ4v) is 6.42. The quantitative estimate of drug-likeness (QED) is 0.348. The van der Waals surface area contributed by atoms with Crippen LogP contribution in [0.2, 0.25) is 0 Å². The highest BCUT2D eigenvalue weighted by Crippen LogP contribution is 2.34. The summed E-state index contributed by atoms with van der Waals surface area (Å²) in [7, 11) is -3.01. The van der Waals surface area contributed by atoms with Gasteiger partial charge in [-0.2, -0.15) is 0 Å². The van der Waals surface area contributed by atoms with E-state index in [-0.39, 0.29) is 0 Å². The molecule has 1 aliphatic rings. The molecule has 3 heteroatoms. The summed E-state index contributed by atoms with van der Waals surface area (Å²) in [5.74, 6) is 1.42. The van der Waals surface area contributed by atoms with Crippen molar-refractivity contribution in [1.82, 2.24) is 0 Å². The number of aryl methyl sites for hydroxylation is 1. The van der Waals surface area contributed by atoms with E-state index in [4.69, 9.17) is 0 Å². The second kappa shape index (κ2) is 10.5. The first kappa shape index (κ1) is 24.7. The van der Waals surface area contributed by atoms with Crippen LogP contribution in [0.4, 0.5) is 0 Å². The molecule has 180 valence electrons. The molecule has 0 atom stereocenters. The first-order valence-corrected chi connectivity index (χ1v) is 14.3. The first-order valence-electron chi connectivity index (χ1n) is 12.7. The summed E-state index contributed by atoms with van der Waals surface area (Å²) < 4.78 is 24.4. The Balaban J connectivity index is 1.26. The molecule has 0 aliphatic heterocycles. The Kier molecular flexibility index (Phi) is 7.62. The fraction of sp³-hybridized carbons (Fsp3) is 0.419. The maximum Gasteiger partial charge on any atom is 0.155 e. The van der Waals surface area contributed by atoms with Gasteiger partial charge in [0, 0.05) is 0 Å². The van der Waals surface area contributed by atoms with E-state index in [0.717, 1.165) is 38.0 Å². The third-order valence-electron chi connectivity index (χ3n) is 7.48. The molecular weight excluding hydrogens is 436 g/mol. The molecule has 34 heavy (non-hydrogen) atoms. The van der Waals surface area contributed by atoms with Crippen molar-refractivity contribution in [1.29, 1.82) is 0 Å². The maximum absolute atomic E-state index is 12.5. The standard InChI is InChI=1S/C31H38O2S/c1-31(2,3)34(32,33)23-26-13-11-24(12-14-26)9-10-25-15-17-28(18-16-25)30-21-19-29(20-22-30)27-7-5-4-6-8-27/h4-8,15-22,24,26H,9-14,23H2,1-3H3. The van der Waals surface area contributed by atoms with Crippen LogP contribution in [0.5, 0.6) is 0 Å². The van der Waals surface area contributed by atoms with Crippen LogP contribution in [-0.4, -0.2) is 18.9 Å². The van der Waals surface area contributed by atoms with Gasteiger partial charge in [-0.05, 0) is 86.1 Å². The molecule has 3 aromatic carbocycles. The van der Waals surface area contributed by atoms with E-state index in [0.29, 0.717) is 11.7 Å². The smallest absolute Gasteiger partial charge is 0.155 e. The second-order valence-corrected chi connectivity index (χ2v) is 13.7. The molecule has 3 aromatic rings. The van der Waals surface area contributed by atoms with Crippen molar-refractivity contribution >= 4 is 9.84 Å². The third-order valence-corrected chi connectivity index (χ3v) is 10.3. The van der Waals surface area contributed by atoms with Crippen molar-refractivity contribution in [2.45, 2.75) is 64.0 Å². The zero-order valence-electron chi connectivity index (χ0n) is 20.8. The predicted molar refractivity (Wildman–Crippen MR) is 145 cm³/mol. The Morgan fingerprint density at radius 2 is 1.09 bits per heavy atom. The Bertz CT molecular complexity index is 1150. The van der Waals surface area contributed by atoms with Crippen LogP contribution in [0.15, 0.2) is 78.9 Å². The van der Waals surface area contributed by atoms with Crippen LogP contribution < -0.4 is 0 Å². The van der Waals surface area contributed by atoms with Gasteiger partial charge in [-0.15, -0.1) is 0 Å². The topological polar surface area (TPSA) is 34.1 Å². The molecular formula is C31H38O2S. The lowest BCUT2D eigenvalue weighted by Crippen LogP contribution is -2.34. The molecule has 2 nitrogen and oxygen atoms in total. The monoisotopic (exact) mass is 474 g/mol. The van der Waals surface area contributed by atoms with Crippen molar-refractivity contribution in [2.24, 2.45) is 11.8 Å². The summed E-state index contributed by atoms with van der Waals surface area (Å²) in [6.45, 7) is 5.46. The van der Waals surface area contributed by atoms with Crippen LogP contribution in [-0.2, 0) is 16.3 Å². The summed E-state index contributed by atoms with van der Waals surface area (Å²) in [5.41, 5.74) is 6.38. The lowest BCUT2D eigenvalue weighted by molar-refractivity contribution is 0.278. The molecule has 0 unspecified atom stereocenters. The van der Waals surface area contributed by atoms with Crippen LogP contribution in [0.1, 0.15) is 58.4 Å². The van der Waals surface area contributed by atoms with Gasteiger partial charge in [-0.3, -0.25) is 0 Å². The molecule has 0 radical (unpaired) electrons. The molecule has 0 spiro atoms. The van der Waals surface area contributed by atoms with Crippen LogP contribution >= 0.6 is 0 Å². The van der Waals surface area contributed by atoms with E-state index >= 15 is 0 Å². The zero-order valence-corrected chi connectivity index (χ0v) is 21.7. The minimum absolute atomic E-state index is 0.341. The SMILES string of the molecule is CC(C)(C)S(=O)(=O)CC1CCC(CCc2ccc(-c3ccc(-c4ccccc4)cc3)cc2)CC1. The van der Waals surface area contributed by atoms with E-state index in [1.54, 1.807) is 0 Å². The summed E-state index contributed by atoms with van der Waals surface area (Å²) in [6.07, 6.45) is 6.73. The number of hydrogen-bond acceptors (Lipinski definition) is 2. The third kappa shape index (κ3) is 6.18. The highest BCUT2D eigenvalue weighted by Gasteiger charge is 2.33. The molecule has 1 aliphatic carbocycles. The molecule has 0 bridgehead atoms. The van der Waals surface area contributed by atoms with Crippen LogP contribution in [0, 0.1) is 11.8 Å². The Morgan fingerprint density at radius 3 is 1.59 bits per heavy atom. The molecule has 0 heterocycles. The van der Waals surface area contributed by atoms with Crippen molar-refractivity contribution in [3.63, 3.8) is 0 Å². The van der Waals surface area contributed by atoms with Gasteiger partial charge in [0.2, 0.25) is 0 Å². The molecule has 0 N–H and O–H groups in total. The van der Waals surface area contributed by atoms with Gasteiger partial charge in [-0.25, -0.2) is 8.42 Å². The first-order chi connectivity index (χ1) is 16.2. The number of hydrogen-bond donors (Lipinski definition) is 0. The van der Waals surface area contributed by atoms with Gasteiger partial charge in [-0.1, -0.05) is 91.7 Å². The molecule has 1 fully saturated rings. The van der Waals surface area contributed by atoms with Crippen molar-refractivity contribution in [2.75, 3.05) is 5.75 Å². The Morgan fingerprint density at radius 1 is 0.647 bits per heavy atom. The molecule has 0 aromatic heterocycles. The van der Waals surface area contributed by atoms with E-state index in [9.17, 15) is 8.42 Å². The maximum atomic E-state index is 12.5. The lowest BCUT2D eigenvalue weighted by atomic mass is 9.80. The fourth-order valence-electron chi connectivity index (χ4n) is 4.97. The van der Waals surface area contributed by atoms with E-state index in [1.807, 2.05) is 26.8 Å². The Hall–Kier alpha value is -2.39. The summed E-state index contributed by atoms with van der Waals surface area (Å²) in [6, 6.07) is 28.3. The lowest BCUT2D eigenvalue weighted by Gasteiger charge is -2.30. The van der Waals surface area contributed by atoms with Gasteiger partial charge >= 0.3 is 0 Å². The summed E-state index contributed by atoms with van der Waals surface area (Å²) in [5, 5.41) is 0. The second-order valence-electron chi connectivity index (χ2n) is 11.0. The van der Waals surface area contributed by atoms with Gasteiger partial charge in [0.1, 0.15) is 0 Å². The summed E-state index contributed by atoms with van der Waals surface area (Å²) in [4.78, 5) is 0. The van der Waals surface area contributed by atoms with Gasteiger partial charge in [0.15, 0.2) is 9.84 Å². The summed E-state index contributed by atoms with van der Waals surface area (Å²) >= 11 is 0. The van der Waals surface area contributed by atoms with Crippen LogP contribution in [0.25, 0.3) is 22.3 Å².